The van der Waals surface area contributed by atoms with Crippen LogP contribution in [0.15, 0.2) is 54.1 Å². The quantitative estimate of drug-likeness (QED) is 0.314. The second kappa shape index (κ2) is 11.1. The number of benzene rings is 2. The molecule has 0 spiro atoms. The van der Waals surface area contributed by atoms with Gasteiger partial charge in [-0.15, -0.1) is 0 Å². The topological polar surface area (TPSA) is 76.2 Å². The van der Waals surface area contributed by atoms with Gasteiger partial charge in [0.15, 0.2) is 0 Å². The third kappa shape index (κ3) is 5.76. The van der Waals surface area contributed by atoms with E-state index in [0.717, 1.165) is 48.5 Å². The molecule has 4 rings (SSSR count). The molecular weight excluding hydrogens is 438 g/mol. The molecule has 0 aliphatic heterocycles. The van der Waals surface area contributed by atoms with Crippen LogP contribution < -0.4 is 10.1 Å². The first kappa shape index (κ1) is 25.0. The molecule has 0 fully saturated rings. The Balaban J connectivity index is 1.44. The highest BCUT2D eigenvalue weighted by atomic mass is 16.5. The monoisotopic (exact) mass is 475 g/mol. The minimum atomic E-state index is -0.334. The molecular formula is C29H37N3O3. The summed E-state index contributed by atoms with van der Waals surface area (Å²) in [6.45, 7) is 8.67. The summed E-state index contributed by atoms with van der Waals surface area (Å²) in [6, 6.07) is 13.7. The van der Waals surface area contributed by atoms with Crippen molar-refractivity contribution in [3.05, 3.63) is 71.1 Å². The highest BCUT2D eigenvalue weighted by Crippen LogP contribution is 2.38. The molecule has 1 aromatic heterocycles. The number of imidazole rings is 1. The van der Waals surface area contributed by atoms with Crippen molar-refractivity contribution in [3.63, 3.8) is 0 Å². The largest absolute Gasteiger partial charge is 0.496 e. The normalized spacial score (nSPS) is 20.2. The first-order chi connectivity index (χ1) is 16.9. The van der Waals surface area contributed by atoms with E-state index < -0.39 is 0 Å². The molecule has 0 saturated heterocycles. The van der Waals surface area contributed by atoms with Gasteiger partial charge < -0.3 is 19.8 Å². The van der Waals surface area contributed by atoms with E-state index in [1.165, 1.54) is 18.2 Å². The van der Waals surface area contributed by atoms with Crippen LogP contribution in [0.1, 0.15) is 48.9 Å². The number of carbonyl (C=O) groups is 1. The van der Waals surface area contributed by atoms with Gasteiger partial charge in [-0.2, -0.15) is 0 Å². The molecule has 6 nitrogen and oxygen atoms in total. The van der Waals surface area contributed by atoms with Gasteiger partial charge in [0.25, 0.3) is 0 Å². The number of aromatic nitrogens is 2. The Morgan fingerprint density at radius 3 is 2.74 bits per heavy atom. The minimum Gasteiger partial charge on any atom is -0.496 e. The number of hydrogen-bond acceptors (Lipinski definition) is 5. The summed E-state index contributed by atoms with van der Waals surface area (Å²) >= 11 is 0. The summed E-state index contributed by atoms with van der Waals surface area (Å²) in [5, 5.41) is 3.67. The van der Waals surface area contributed by atoms with Crippen molar-refractivity contribution in [2.45, 2.75) is 40.2 Å². The molecule has 35 heavy (non-hydrogen) atoms. The molecule has 1 heterocycles. The highest BCUT2D eigenvalue weighted by molar-refractivity contribution is 5.93. The summed E-state index contributed by atoms with van der Waals surface area (Å²) in [6.07, 6.45) is 4.49. The van der Waals surface area contributed by atoms with Crippen LogP contribution in [0, 0.1) is 23.7 Å². The number of fused-ring (bicyclic) bond motifs is 1. The van der Waals surface area contributed by atoms with Gasteiger partial charge in [-0.3, -0.25) is 0 Å². The number of ether oxygens (including phenoxy) is 2. The summed E-state index contributed by atoms with van der Waals surface area (Å²) in [7, 11) is 3.12. The predicted octanol–water partition coefficient (Wildman–Crippen LogP) is 5.55. The van der Waals surface area contributed by atoms with E-state index in [2.05, 4.69) is 49.3 Å². The average molecular weight is 476 g/mol. The molecule has 2 aromatic carbocycles. The molecule has 0 unspecified atom stereocenters. The fraction of sp³-hybridized carbons (Fsp3) is 0.448. The van der Waals surface area contributed by atoms with Gasteiger partial charge in [0.2, 0.25) is 0 Å². The van der Waals surface area contributed by atoms with Gasteiger partial charge in [0.1, 0.15) is 11.6 Å². The van der Waals surface area contributed by atoms with Crippen LogP contribution in [-0.4, -0.2) is 36.7 Å². The van der Waals surface area contributed by atoms with Gasteiger partial charge in [-0.1, -0.05) is 43.7 Å². The summed E-state index contributed by atoms with van der Waals surface area (Å²) in [5.74, 6) is 3.71. The number of nitrogens with one attached hydrogen (secondary N) is 2. The second-order valence-corrected chi connectivity index (χ2v) is 9.97. The Morgan fingerprint density at radius 2 is 2.00 bits per heavy atom. The molecule has 0 amide bonds. The van der Waals surface area contributed by atoms with Gasteiger partial charge in [-0.25, -0.2) is 9.78 Å². The zero-order valence-electron chi connectivity index (χ0n) is 21.4. The van der Waals surface area contributed by atoms with E-state index in [-0.39, 0.29) is 5.97 Å². The van der Waals surface area contributed by atoms with Crippen LogP contribution in [0.2, 0.25) is 0 Å². The van der Waals surface area contributed by atoms with Crippen LogP contribution in [0.25, 0.3) is 11.0 Å². The first-order valence-electron chi connectivity index (χ1n) is 12.5. The average Bonchev–Trinajstić information content (AvgIpc) is 3.26. The number of allylic oxidation sites excluding steroid dienone is 1. The van der Waals surface area contributed by atoms with Gasteiger partial charge in [0.05, 0.1) is 30.8 Å². The minimum absolute atomic E-state index is 0.334. The van der Waals surface area contributed by atoms with Crippen molar-refractivity contribution in [2.24, 2.45) is 23.7 Å². The smallest absolute Gasteiger partial charge is 0.337 e. The number of carbonyl (C=O) groups excluding carboxylic acids is 1. The summed E-state index contributed by atoms with van der Waals surface area (Å²) in [4.78, 5) is 20.1. The van der Waals surface area contributed by atoms with Crippen molar-refractivity contribution in [2.75, 3.05) is 20.8 Å². The summed E-state index contributed by atoms with van der Waals surface area (Å²) in [5.41, 5.74) is 4.91. The molecule has 2 N–H and O–H groups in total. The van der Waals surface area contributed by atoms with Gasteiger partial charge >= 0.3 is 5.97 Å². The summed E-state index contributed by atoms with van der Waals surface area (Å²) < 4.78 is 10.3. The lowest BCUT2D eigenvalue weighted by molar-refractivity contribution is 0.0601. The number of nitrogens with zero attached hydrogens (tertiary/aromatic N) is 1. The SMILES string of the molecule is COC(=O)c1ccc2nc(C[C@@H]3C[C@@H](C(C)C)[C@H](CNCc4ccccc4OC)C=C3C)[nH]c2c1. The number of aromatic amines is 1. The fourth-order valence-electron chi connectivity index (χ4n) is 5.37. The number of methoxy groups -OCH3 is 2. The van der Waals surface area contributed by atoms with Gasteiger partial charge in [-0.05, 0) is 61.3 Å². The fourth-order valence-corrected chi connectivity index (χ4v) is 5.37. The standard InChI is InChI=1S/C29H37N3O3/c1-18(2)24-13-22(15-28-31-25-11-10-20(29(33)35-5)14-26(25)32-28)19(3)12-23(24)17-30-16-21-8-6-7-9-27(21)34-4/h6-12,14,18,22-24,30H,13,15-17H2,1-5H3,(H,31,32)/t22-,23-,24-/m0/s1. The van der Waals surface area contributed by atoms with Crippen molar-refractivity contribution in [1.29, 1.82) is 0 Å². The Kier molecular flexibility index (Phi) is 7.91. The molecule has 0 radical (unpaired) electrons. The molecule has 3 aromatic rings. The van der Waals surface area contributed by atoms with Crippen LogP contribution in [-0.2, 0) is 17.7 Å². The number of rotatable bonds is 9. The Morgan fingerprint density at radius 1 is 1.20 bits per heavy atom. The Bertz CT molecular complexity index is 1200. The molecule has 186 valence electrons. The molecule has 1 aliphatic rings. The van der Waals surface area contributed by atoms with Crippen LogP contribution >= 0.6 is 0 Å². The molecule has 1 aliphatic carbocycles. The number of hydrogen-bond donors (Lipinski definition) is 2. The molecule has 6 heteroatoms. The predicted molar refractivity (Wildman–Crippen MR) is 140 cm³/mol. The lowest BCUT2D eigenvalue weighted by atomic mass is 9.70. The third-order valence-corrected chi connectivity index (χ3v) is 7.36. The first-order valence-corrected chi connectivity index (χ1v) is 12.5. The number of esters is 1. The maximum absolute atomic E-state index is 11.9. The van der Waals surface area contributed by atoms with Crippen molar-refractivity contribution in [3.8, 4) is 5.75 Å². The van der Waals surface area contributed by atoms with E-state index in [9.17, 15) is 4.79 Å². The van der Waals surface area contributed by atoms with Crippen molar-refractivity contribution < 1.29 is 14.3 Å². The molecule has 3 atom stereocenters. The molecule has 0 bridgehead atoms. The second-order valence-electron chi connectivity index (χ2n) is 9.97. The van der Waals surface area contributed by atoms with Crippen LogP contribution in [0.4, 0.5) is 0 Å². The number of para-hydroxylation sites is 1. The van der Waals surface area contributed by atoms with Gasteiger partial charge in [0, 0.05) is 25.1 Å². The lowest BCUT2D eigenvalue weighted by Gasteiger charge is -2.37. The van der Waals surface area contributed by atoms with Crippen LogP contribution in [0.3, 0.4) is 0 Å². The van der Waals surface area contributed by atoms with Crippen molar-refractivity contribution in [1.82, 2.24) is 15.3 Å². The maximum Gasteiger partial charge on any atom is 0.337 e. The van der Waals surface area contributed by atoms with E-state index in [1.807, 2.05) is 24.3 Å². The Labute approximate surface area is 208 Å². The highest BCUT2D eigenvalue weighted by Gasteiger charge is 2.32. The maximum atomic E-state index is 11.9. The van der Waals surface area contributed by atoms with E-state index in [4.69, 9.17) is 14.5 Å². The lowest BCUT2D eigenvalue weighted by Crippen LogP contribution is -2.34. The number of H-pyrrole nitrogens is 1. The van der Waals surface area contributed by atoms with E-state index in [1.54, 1.807) is 13.2 Å². The van der Waals surface area contributed by atoms with Crippen LogP contribution in [0.5, 0.6) is 5.75 Å². The van der Waals surface area contributed by atoms with E-state index in [0.29, 0.717) is 29.2 Å². The Hall–Kier alpha value is -3.12. The van der Waals surface area contributed by atoms with Crippen molar-refractivity contribution >= 4 is 17.0 Å². The molecule has 0 saturated carbocycles. The third-order valence-electron chi connectivity index (χ3n) is 7.36. The zero-order chi connectivity index (χ0) is 24.9. The zero-order valence-corrected chi connectivity index (χ0v) is 21.4. The van der Waals surface area contributed by atoms with E-state index >= 15 is 0 Å².